The standard InChI is InChI=1S/C15H29N3O.ClH/c1-13(2)14-3-8-17(9-4-14)10-5-15(19)18-11-6-16-7-12-18;/h13-14,16H,3-12H2,1-2H3;1H. The molecule has 118 valence electrons. The van der Waals surface area contributed by atoms with E-state index in [1.165, 1.54) is 25.9 Å². The molecule has 2 rings (SSSR count). The Kier molecular flexibility index (Phi) is 7.85. The number of piperidine rings is 1. The van der Waals surface area contributed by atoms with Gasteiger partial charge in [-0.25, -0.2) is 0 Å². The number of carbonyl (C=O) groups is 1. The second-order valence-corrected chi connectivity index (χ2v) is 6.30. The Morgan fingerprint density at radius 1 is 1.15 bits per heavy atom. The second kappa shape index (κ2) is 8.85. The lowest BCUT2D eigenvalue weighted by Gasteiger charge is -2.34. The highest BCUT2D eigenvalue weighted by Gasteiger charge is 2.22. The molecular formula is C15H30ClN3O. The van der Waals surface area contributed by atoms with Crippen LogP contribution in [0.4, 0.5) is 0 Å². The molecule has 0 aromatic carbocycles. The van der Waals surface area contributed by atoms with Gasteiger partial charge >= 0.3 is 0 Å². The third-order valence-corrected chi connectivity index (χ3v) is 4.69. The van der Waals surface area contributed by atoms with E-state index in [2.05, 4.69) is 24.1 Å². The zero-order chi connectivity index (χ0) is 13.7. The van der Waals surface area contributed by atoms with Crippen LogP contribution >= 0.6 is 12.4 Å². The third kappa shape index (κ3) is 5.23. The molecule has 2 aliphatic rings. The number of likely N-dealkylation sites (tertiary alicyclic amines) is 1. The molecule has 0 saturated carbocycles. The molecule has 0 bridgehead atoms. The van der Waals surface area contributed by atoms with Crippen molar-refractivity contribution < 1.29 is 4.79 Å². The first-order chi connectivity index (χ1) is 9.16. The van der Waals surface area contributed by atoms with Crippen molar-refractivity contribution >= 4 is 18.3 Å². The summed E-state index contributed by atoms with van der Waals surface area (Å²) in [5.41, 5.74) is 0. The predicted molar refractivity (Wildman–Crippen MR) is 85.3 cm³/mol. The molecule has 0 atom stereocenters. The number of piperazine rings is 1. The van der Waals surface area contributed by atoms with Crippen LogP contribution < -0.4 is 5.32 Å². The van der Waals surface area contributed by atoms with Crippen LogP contribution in [0.2, 0.25) is 0 Å². The number of carbonyl (C=O) groups excluding carboxylic acids is 1. The average molecular weight is 304 g/mol. The molecule has 2 fully saturated rings. The maximum absolute atomic E-state index is 12.1. The Morgan fingerprint density at radius 3 is 2.30 bits per heavy atom. The Hall–Kier alpha value is -0.320. The number of rotatable bonds is 4. The minimum atomic E-state index is 0. The number of halogens is 1. The smallest absolute Gasteiger partial charge is 0.223 e. The Balaban J connectivity index is 0.00000200. The van der Waals surface area contributed by atoms with Gasteiger partial charge in [0.2, 0.25) is 5.91 Å². The van der Waals surface area contributed by atoms with Crippen LogP contribution in [-0.4, -0.2) is 61.5 Å². The molecule has 4 nitrogen and oxygen atoms in total. The number of hydrogen-bond donors (Lipinski definition) is 1. The number of nitrogens with one attached hydrogen (secondary N) is 1. The Bertz CT molecular complexity index is 285. The van der Waals surface area contributed by atoms with Gasteiger partial charge in [0.15, 0.2) is 0 Å². The predicted octanol–water partition coefficient (Wildman–Crippen LogP) is 1.60. The minimum absolute atomic E-state index is 0. The largest absolute Gasteiger partial charge is 0.340 e. The zero-order valence-corrected chi connectivity index (χ0v) is 13.8. The van der Waals surface area contributed by atoms with Crippen LogP contribution in [0.3, 0.4) is 0 Å². The van der Waals surface area contributed by atoms with Crippen molar-refractivity contribution in [3.63, 3.8) is 0 Å². The normalized spacial score (nSPS) is 21.9. The van der Waals surface area contributed by atoms with E-state index in [9.17, 15) is 4.79 Å². The van der Waals surface area contributed by atoms with Gasteiger partial charge in [-0.05, 0) is 37.8 Å². The van der Waals surface area contributed by atoms with Crippen molar-refractivity contribution in [2.24, 2.45) is 11.8 Å². The van der Waals surface area contributed by atoms with E-state index < -0.39 is 0 Å². The maximum atomic E-state index is 12.1. The summed E-state index contributed by atoms with van der Waals surface area (Å²) in [7, 11) is 0. The molecule has 0 unspecified atom stereocenters. The van der Waals surface area contributed by atoms with E-state index in [0.29, 0.717) is 12.3 Å². The summed E-state index contributed by atoms with van der Waals surface area (Å²) < 4.78 is 0. The second-order valence-electron chi connectivity index (χ2n) is 6.30. The van der Waals surface area contributed by atoms with Gasteiger partial charge in [0, 0.05) is 39.1 Å². The molecule has 0 spiro atoms. The molecule has 1 amide bonds. The van der Waals surface area contributed by atoms with Crippen molar-refractivity contribution in [3.8, 4) is 0 Å². The summed E-state index contributed by atoms with van der Waals surface area (Å²) >= 11 is 0. The van der Waals surface area contributed by atoms with Crippen molar-refractivity contribution in [3.05, 3.63) is 0 Å². The summed E-state index contributed by atoms with van der Waals surface area (Å²) in [6.07, 6.45) is 3.31. The lowest BCUT2D eigenvalue weighted by atomic mass is 9.87. The fourth-order valence-corrected chi connectivity index (χ4v) is 3.17. The number of nitrogens with zero attached hydrogens (tertiary/aromatic N) is 2. The van der Waals surface area contributed by atoms with E-state index >= 15 is 0 Å². The van der Waals surface area contributed by atoms with Crippen LogP contribution in [0.25, 0.3) is 0 Å². The number of amides is 1. The van der Waals surface area contributed by atoms with Gasteiger partial charge in [-0.3, -0.25) is 4.79 Å². The summed E-state index contributed by atoms with van der Waals surface area (Å²) in [5.74, 6) is 2.04. The summed E-state index contributed by atoms with van der Waals surface area (Å²) in [6.45, 7) is 11.6. The quantitative estimate of drug-likeness (QED) is 0.857. The lowest BCUT2D eigenvalue weighted by molar-refractivity contribution is -0.132. The number of hydrogen-bond acceptors (Lipinski definition) is 3. The molecule has 20 heavy (non-hydrogen) atoms. The first-order valence-electron chi connectivity index (χ1n) is 7.87. The first-order valence-corrected chi connectivity index (χ1v) is 7.87. The molecule has 2 aliphatic heterocycles. The molecular weight excluding hydrogens is 274 g/mol. The van der Waals surface area contributed by atoms with Crippen molar-refractivity contribution in [2.75, 3.05) is 45.8 Å². The van der Waals surface area contributed by atoms with Crippen LogP contribution in [0.15, 0.2) is 0 Å². The Morgan fingerprint density at radius 2 is 1.75 bits per heavy atom. The molecule has 5 heteroatoms. The molecule has 0 aromatic heterocycles. The first kappa shape index (κ1) is 17.7. The van der Waals surface area contributed by atoms with Crippen molar-refractivity contribution in [2.45, 2.75) is 33.1 Å². The maximum Gasteiger partial charge on any atom is 0.223 e. The van der Waals surface area contributed by atoms with E-state index in [0.717, 1.165) is 44.6 Å². The molecule has 1 N–H and O–H groups in total. The van der Waals surface area contributed by atoms with E-state index in [4.69, 9.17) is 0 Å². The molecule has 2 heterocycles. The van der Waals surface area contributed by atoms with Gasteiger partial charge in [-0.15, -0.1) is 12.4 Å². The minimum Gasteiger partial charge on any atom is -0.340 e. The summed E-state index contributed by atoms with van der Waals surface area (Å²) in [4.78, 5) is 16.6. The van der Waals surface area contributed by atoms with Crippen LogP contribution in [0.5, 0.6) is 0 Å². The van der Waals surface area contributed by atoms with Crippen molar-refractivity contribution in [1.29, 1.82) is 0 Å². The highest BCUT2D eigenvalue weighted by Crippen LogP contribution is 2.24. The van der Waals surface area contributed by atoms with Crippen LogP contribution in [-0.2, 0) is 4.79 Å². The monoisotopic (exact) mass is 303 g/mol. The third-order valence-electron chi connectivity index (χ3n) is 4.69. The lowest BCUT2D eigenvalue weighted by Crippen LogP contribution is -2.47. The van der Waals surface area contributed by atoms with Crippen LogP contribution in [0, 0.1) is 11.8 Å². The van der Waals surface area contributed by atoms with Crippen LogP contribution in [0.1, 0.15) is 33.1 Å². The van der Waals surface area contributed by atoms with Gasteiger partial charge in [0.25, 0.3) is 0 Å². The average Bonchev–Trinajstić information content (AvgIpc) is 2.46. The van der Waals surface area contributed by atoms with E-state index in [-0.39, 0.29) is 12.4 Å². The van der Waals surface area contributed by atoms with Crippen molar-refractivity contribution in [1.82, 2.24) is 15.1 Å². The Labute approximate surface area is 129 Å². The van der Waals surface area contributed by atoms with Gasteiger partial charge in [-0.1, -0.05) is 13.8 Å². The fraction of sp³-hybridized carbons (Fsp3) is 0.933. The molecule has 0 radical (unpaired) electrons. The topological polar surface area (TPSA) is 35.6 Å². The summed E-state index contributed by atoms with van der Waals surface area (Å²) in [6, 6.07) is 0. The van der Waals surface area contributed by atoms with E-state index in [1.807, 2.05) is 4.90 Å². The van der Waals surface area contributed by atoms with Gasteiger partial charge in [-0.2, -0.15) is 0 Å². The molecule has 2 saturated heterocycles. The SMILES string of the molecule is CC(C)C1CCN(CCC(=O)N2CCNCC2)CC1.Cl. The summed E-state index contributed by atoms with van der Waals surface area (Å²) in [5, 5.41) is 3.29. The highest BCUT2D eigenvalue weighted by molar-refractivity contribution is 5.85. The highest BCUT2D eigenvalue weighted by atomic mass is 35.5. The van der Waals surface area contributed by atoms with Gasteiger partial charge in [0.05, 0.1) is 0 Å². The molecule has 0 aliphatic carbocycles. The fourth-order valence-electron chi connectivity index (χ4n) is 3.17. The van der Waals surface area contributed by atoms with E-state index in [1.54, 1.807) is 0 Å². The van der Waals surface area contributed by atoms with Gasteiger partial charge < -0.3 is 15.1 Å². The zero-order valence-electron chi connectivity index (χ0n) is 12.9. The molecule has 0 aromatic rings. The van der Waals surface area contributed by atoms with Gasteiger partial charge in [0.1, 0.15) is 0 Å².